The Bertz CT molecular complexity index is 271. The first-order chi connectivity index (χ1) is 6.16. The van der Waals surface area contributed by atoms with Crippen molar-refractivity contribution in [1.29, 1.82) is 0 Å². The summed E-state index contributed by atoms with van der Waals surface area (Å²) in [6.07, 6.45) is 1.67. The highest BCUT2D eigenvalue weighted by molar-refractivity contribution is 7.80. The maximum absolute atomic E-state index is 5.28. The molecule has 72 valence electrons. The van der Waals surface area contributed by atoms with Crippen LogP contribution in [0.1, 0.15) is 18.7 Å². The number of rotatable bonds is 2. The van der Waals surface area contributed by atoms with Gasteiger partial charge in [-0.1, -0.05) is 0 Å². The van der Waals surface area contributed by atoms with E-state index >= 15 is 0 Å². The third kappa shape index (κ3) is 2.21. The zero-order valence-electron chi connectivity index (χ0n) is 8.07. The minimum atomic E-state index is 0.162. The Balaban J connectivity index is 2.68. The van der Waals surface area contributed by atoms with Gasteiger partial charge in [0.1, 0.15) is 5.76 Å². The molecular weight excluding hydrogens is 184 g/mol. The third-order valence-electron chi connectivity index (χ3n) is 2.07. The number of furan rings is 1. The fourth-order valence-electron chi connectivity index (χ4n) is 1.07. The molecule has 0 aliphatic rings. The Kier molecular flexibility index (Phi) is 3.31. The van der Waals surface area contributed by atoms with Crippen LogP contribution in [0.4, 0.5) is 0 Å². The second kappa shape index (κ2) is 4.28. The number of thiocarbonyl (C=S) groups is 1. The fourth-order valence-corrected chi connectivity index (χ4v) is 1.23. The monoisotopic (exact) mass is 198 g/mol. The number of hydrogen-bond acceptors (Lipinski definition) is 2. The Labute approximate surface area is 83.7 Å². The van der Waals surface area contributed by atoms with E-state index in [1.807, 2.05) is 38.1 Å². The number of nitrogens with zero attached hydrogens (tertiary/aromatic N) is 1. The minimum absolute atomic E-state index is 0.162. The molecule has 0 spiro atoms. The zero-order chi connectivity index (χ0) is 9.84. The van der Waals surface area contributed by atoms with Crippen molar-refractivity contribution in [3.63, 3.8) is 0 Å². The third-order valence-corrected chi connectivity index (χ3v) is 2.56. The van der Waals surface area contributed by atoms with Crippen LogP contribution in [-0.4, -0.2) is 24.1 Å². The van der Waals surface area contributed by atoms with Gasteiger partial charge in [0.05, 0.1) is 12.3 Å². The predicted molar refractivity (Wildman–Crippen MR) is 56.5 cm³/mol. The van der Waals surface area contributed by atoms with Crippen LogP contribution < -0.4 is 5.32 Å². The van der Waals surface area contributed by atoms with E-state index < -0.39 is 0 Å². The molecule has 1 N–H and O–H groups in total. The predicted octanol–water partition coefficient (Wildman–Crippen LogP) is 1.78. The molecule has 1 aromatic heterocycles. The Hall–Kier alpha value is -1.03. The van der Waals surface area contributed by atoms with Crippen molar-refractivity contribution in [2.45, 2.75) is 13.0 Å². The van der Waals surface area contributed by atoms with Gasteiger partial charge in [-0.2, -0.15) is 0 Å². The lowest BCUT2D eigenvalue weighted by Gasteiger charge is -2.25. The number of hydrogen-bond donors (Lipinski definition) is 1. The standard InChI is InChI=1S/C9H14N2OS/c1-7(8-5-4-6-12-8)11(3)9(13)10-2/h4-7H,1-3H3,(H,10,13). The van der Waals surface area contributed by atoms with Crippen molar-refractivity contribution in [2.24, 2.45) is 0 Å². The van der Waals surface area contributed by atoms with Crippen molar-refractivity contribution in [2.75, 3.05) is 14.1 Å². The summed E-state index contributed by atoms with van der Waals surface area (Å²) < 4.78 is 5.28. The number of nitrogens with one attached hydrogen (secondary N) is 1. The smallest absolute Gasteiger partial charge is 0.169 e. The first-order valence-corrected chi connectivity index (χ1v) is 4.55. The fraction of sp³-hybridized carbons (Fsp3) is 0.444. The molecule has 0 saturated carbocycles. The van der Waals surface area contributed by atoms with Gasteiger partial charge in [-0.05, 0) is 31.3 Å². The van der Waals surface area contributed by atoms with E-state index in [4.69, 9.17) is 16.6 Å². The molecule has 0 fully saturated rings. The van der Waals surface area contributed by atoms with Crippen LogP contribution in [-0.2, 0) is 0 Å². The summed E-state index contributed by atoms with van der Waals surface area (Å²) in [4.78, 5) is 1.95. The van der Waals surface area contributed by atoms with E-state index in [1.165, 1.54) is 0 Å². The minimum Gasteiger partial charge on any atom is -0.467 e. The van der Waals surface area contributed by atoms with Gasteiger partial charge in [0.2, 0.25) is 0 Å². The summed E-state index contributed by atoms with van der Waals surface area (Å²) in [5.41, 5.74) is 0. The molecule has 1 aromatic rings. The zero-order valence-corrected chi connectivity index (χ0v) is 8.89. The summed E-state index contributed by atoms with van der Waals surface area (Å²) >= 11 is 5.10. The van der Waals surface area contributed by atoms with Crippen LogP contribution in [0.25, 0.3) is 0 Å². The Morgan fingerprint density at radius 3 is 2.85 bits per heavy atom. The summed E-state index contributed by atoms with van der Waals surface area (Å²) in [7, 11) is 3.75. The van der Waals surface area contributed by atoms with Crippen LogP contribution in [0.5, 0.6) is 0 Å². The normalized spacial score (nSPS) is 12.2. The van der Waals surface area contributed by atoms with Crippen LogP contribution in [0.2, 0.25) is 0 Å². The van der Waals surface area contributed by atoms with Crippen molar-refractivity contribution in [3.8, 4) is 0 Å². The highest BCUT2D eigenvalue weighted by atomic mass is 32.1. The van der Waals surface area contributed by atoms with Crippen molar-refractivity contribution >= 4 is 17.3 Å². The van der Waals surface area contributed by atoms with Gasteiger partial charge in [0.25, 0.3) is 0 Å². The van der Waals surface area contributed by atoms with Crippen LogP contribution in [0.15, 0.2) is 22.8 Å². The van der Waals surface area contributed by atoms with Crippen molar-refractivity contribution < 1.29 is 4.42 Å². The molecule has 0 saturated heterocycles. The van der Waals surface area contributed by atoms with Crippen molar-refractivity contribution in [3.05, 3.63) is 24.2 Å². The topological polar surface area (TPSA) is 28.4 Å². The molecule has 1 rings (SSSR count). The molecule has 3 nitrogen and oxygen atoms in total. The molecule has 0 bridgehead atoms. The first-order valence-electron chi connectivity index (χ1n) is 4.14. The molecule has 1 heterocycles. The second-order valence-electron chi connectivity index (χ2n) is 2.86. The molecule has 0 aliphatic carbocycles. The van der Waals surface area contributed by atoms with Gasteiger partial charge in [-0.15, -0.1) is 0 Å². The highest BCUT2D eigenvalue weighted by Crippen LogP contribution is 2.18. The van der Waals surface area contributed by atoms with Crippen LogP contribution >= 0.6 is 12.2 Å². The lowest BCUT2D eigenvalue weighted by Crippen LogP contribution is -2.36. The van der Waals surface area contributed by atoms with E-state index in [1.54, 1.807) is 6.26 Å². The molecule has 1 unspecified atom stereocenters. The van der Waals surface area contributed by atoms with Gasteiger partial charge < -0.3 is 14.6 Å². The average Bonchev–Trinajstić information content (AvgIpc) is 2.67. The van der Waals surface area contributed by atoms with Crippen LogP contribution in [0, 0.1) is 0 Å². The van der Waals surface area contributed by atoms with E-state index in [-0.39, 0.29) is 6.04 Å². The van der Waals surface area contributed by atoms with E-state index in [0.717, 1.165) is 5.76 Å². The molecule has 0 amide bonds. The van der Waals surface area contributed by atoms with E-state index in [2.05, 4.69) is 5.32 Å². The lowest BCUT2D eigenvalue weighted by molar-refractivity contribution is 0.334. The summed E-state index contributed by atoms with van der Waals surface area (Å²) in [6, 6.07) is 3.98. The maximum atomic E-state index is 5.28. The quantitative estimate of drug-likeness (QED) is 0.733. The largest absolute Gasteiger partial charge is 0.467 e. The second-order valence-corrected chi connectivity index (χ2v) is 3.24. The summed E-state index contributed by atoms with van der Waals surface area (Å²) in [5, 5.41) is 3.64. The van der Waals surface area contributed by atoms with Crippen LogP contribution in [0.3, 0.4) is 0 Å². The summed E-state index contributed by atoms with van der Waals surface area (Å²) in [5.74, 6) is 0.917. The average molecular weight is 198 g/mol. The van der Waals surface area contributed by atoms with Gasteiger partial charge in [0.15, 0.2) is 5.11 Å². The maximum Gasteiger partial charge on any atom is 0.169 e. The van der Waals surface area contributed by atoms with E-state index in [9.17, 15) is 0 Å². The Morgan fingerprint density at radius 2 is 2.38 bits per heavy atom. The lowest BCUT2D eigenvalue weighted by atomic mass is 10.2. The summed E-state index contributed by atoms with van der Waals surface area (Å²) in [6.45, 7) is 2.04. The van der Waals surface area contributed by atoms with Gasteiger partial charge in [-0.3, -0.25) is 0 Å². The van der Waals surface area contributed by atoms with Crippen molar-refractivity contribution in [1.82, 2.24) is 10.2 Å². The van der Waals surface area contributed by atoms with Gasteiger partial charge >= 0.3 is 0 Å². The van der Waals surface area contributed by atoms with Gasteiger partial charge in [-0.25, -0.2) is 0 Å². The molecule has 1 atom stereocenters. The molecule has 0 aromatic carbocycles. The SMILES string of the molecule is CNC(=S)N(C)C(C)c1ccco1. The highest BCUT2D eigenvalue weighted by Gasteiger charge is 2.15. The van der Waals surface area contributed by atoms with E-state index in [0.29, 0.717) is 5.11 Å². The Morgan fingerprint density at radius 1 is 1.69 bits per heavy atom. The first kappa shape index (κ1) is 10.1. The molecule has 0 radical (unpaired) electrons. The van der Waals surface area contributed by atoms with Gasteiger partial charge in [0, 0.05) is 14.1 Å². The molecular formula is C9H14N2OS. The molecule has 13 heavy (non-hydrogen) atoms. The molecule has 4 heteroatoms. The molecule has 0 aliphatic heterocycles.